The Bertz CT molecular complexity index is 341. The van der Waals surface area contributed by atoms with Crippen LogP contribution in [0, 0.1) is 0 Å². The molecule has 0 amide bonds. The lowest BCUT2D eigenvalue weighted by molar-refractivity contribution is 0.365. The SMILES string of the molecule is C[P@@]1OC[C@H]2Cc3ccccc3N21. The second-order valence-corrected chi connectivity index (χ2v) is 5.21. The molecular weight excluding hydrogens is 181 g/mol. The molecule has 0 bridgehead atoms. The number of anilines is 1. The third-order valence-corrected chi connectivity index (χ3v) is 4.47. The fourth-order valence-corrected chi connectivity index (χ4v) is 3.83. The van der Waals surface area contributed by atoms with Crippen LogP contribution in [0.15, 0.2) is 24.3 Å². The average molecular weight is 193 g/mol. The monoisotopic (exact) mass is 193 g/mol. The van der Waals surface area contributed by atoms with Crippen molar-refractivity contribution in [1.29, 1.82) is 0 Å². The highest BCUT2D eigenvalue weighted by atomic mass is 31.2. The van der Waals surface area contributed by atoms with E-state index in [0.29, 0.717) is 6.04 Å². The zero-order chi connectivity index (χ0) is 8.84. The molecule has 1 aromatic rings. The standard InChI is InChI=1S/C10H12NOP/c1-13-11-9(7-12-13)6-8-4-2-3-5-10(8)11/h2-5,9H,6-7H2,1H3/t9-,13-/m1/s1. The van der Waals surface area contributed by atoms with Crippen LogP contribution < -0.4 is 4.67 Å². The quantitative estimate of drug-likeness (QED) is 0.586. The molecule has 2 heterocycles. The Morgan fingerprint density at radius 1 is 1.46 bits per heavy atom. The molecule has 0 aliphatic carbocycles. The molecule has 0 unspecified atom stereocenters. The molecule has 3 rings (SSSR count). The van der Waals surface area contributed by atoms with Crippen LogP contribution in [0.4, 0.5) is 5.69 Å². The van der Waals surface area contributed by atoms with Gasteiger partial charge in [-0.2, -0.15) is 0 Å². The second kappa shape index (κ2) is 2.70. The first kappa shape index (κ1) is 7.78. The molecule has 68 valence electrons. The van der Waals surface area contributed by atoms with E-state index in [2.05, 4.69) is 35.6 Å². The number of nitrogens with zero attached hydrogens (tertiary/aromatic N) is 1. The van der Waals surface area contributed by atoms with Gasteiger partial charge in [0, 0.05) is 5.69 Å². The molecule has 13 heavy (non-hydrogen) atoms. The molecule has 0 aromatic heterocycles. The predicted octanol–water partition coefficient (Wildman–Crippen LogP) is 2.39. The van der Waals surface area contributed by atoms with Gasteiger partial charge in [-0.1, -0.05) is 18.2 Å². The number of hydrogen-bond donors (Lipinski definition) is 0. The Labute approximate surface area is 79.4 Å². The van der Waals surface area contributed by atoms with E-state index < -0.39 is 0 Å². The molecular formula is C10H12NOP. The van der Waals surface area contributed by atoms with Crippen molar-refractivity contribution in [3.05, 3.63) is 29.8 Å². The summed E-state index contributed by atoms with van der Waals surface area (Å²) in [5.41, 5.74) is 2.89. The maximum absolute atomic E-state index is 5.67. The van der Waals surface area contributed by atoms with E-state index in [9.17, 15) is 0 Å². The van der Waals surface area contributed by atoms with Gasteiger partial charge in [-0.15, -0.1) is 0 Å². The van der Waals surface area contributed by atoms with E-state index in [0.717, 1.165) is 6.61 Å². The van der Waals surface area contributed by atoms with E-state index in [1.807, 2.05) is 0 Å². The van der Waals surface area contributed by atoms with Crippen LogP contribution in [-0.4, -0.2) is 19.3 Å². The van der Waals surface area contributed by atoms with Gasteiger partial charge < -0.3 is 9.19 Å². The lowest BCUT2D eigenvalue weighted by atomic mass is 10.1. The predicted molar refractivity (Wildman–Crippen MR) is 55.2 cm³/mol. The topological polar surface area (TPSA) is 12.5 Å². The summed E-state index contributed by atoms with van der Waals surface area (Å²) in [6, 6.07) is 9.30. The summed E-state index contributed by atoms with van der Waals surface area (Å²) >= 11 is 0. The maximum atomic E-state index is 5.67. The highest BCUT2D eigenvalue weighted by Crippen LogP contribution is 2.53. The van der Waals surface area contributed by atoms with Gasteiger partial charge in [0.25, 0.3) is 0 Å². The van der Waals surface area contributed by atoms with Crippen LogP contribution in [0.1, 0.15) is 5.56 Å². The zero-order valence-corrected chi connectivity index (χ0v) is 8.50. The average Bonchev–Trinajstić information content (AvgIpc) is 2.66. The Balaban J connectivity index is 2.08. The van der Waals surface area contributed by atoms with Crippen LogP contribution in [0.5, 0.6) is 0 Å². The smallest absolute Gasteiger partial charge is 0.129 e. The van der Waals surface area contributed by atoms with E-state index in [-0.39, 0.29) is 8.30 Å². The largest absolute Gasteiger partial charge is 0.337 e. The summed E-state index contributed by atoms with van der Waals surface area (Å²) in [6.45, 7) is 3.11. The van der Waals surface area contributed by atoms with Crippen LogP contribution >= 0.6 is 8.30 Å². The summed E-state index contributed by atoms with van der Waals surface area (Å²) in [6.07, 6.45) is 1.17. The van der Waals surface area contributed by atoms with E-state index in [1.54, 1.807) is 0 Å². The number of hydrogen-bond acceptors (Lipinski definition) is 2. The molecule has 2 aliphatic rings. The second-order valence-electron chi connectivity index (χ2n) is 3.59. The minimum Gasteiger partial charge on any atom is -0.337 e. The third kappa shape index (κ3) is 1.02. The third-order valence-electron chi connectivity index (χ3n) is 2.80. The summed E-state index contributed by atoms with van der Waals surface area (Å²) in [4.78, 5) is 0. The van der Waals surface area contributed by atoms with Gasteiger partial charge in [-0.3, -0.25) is 0 Å². The van der Waals surface area contributed by atoms with E-state index >= 15 is 0 Å². The van der Waals surface area contributed by atoms with Crippen LogP contribution in [0.3, 0.4) is 0 Å². The van der Waals surface area contributed by atoms with Gasteiger partial charge in [-0.25, -0.2) is 0 Å². The number of para-hydroxylation sites is 1. The van der Waals surface area contributed by atoms with Gasteiger partial charge >= 0.3 is 0 Å². The molecule has 2 aliphatic heterocycles. The van der Waals surface area contributed by atoms with Crippen molar-refractivity contribution in [2.75, 3.05) is 17.9 Å². The Morgan fingerprint density at radius 2 is 2.31 bits per heavy atom. The van der Waals surface area contributed by atoms with Crippen LogP contribution in [-0.2, 0) is 10.9 Å². The molecule has 0 radical (unpaired) electrons. The van der Waals surface area contributed by atoms with Gasteiger partial charge in [0.1, 0.15) is 8.30 Å². The highest BCUT2D eigenvalue weighted by molar-refractivity contribution is 7.53. The Hall–Kier alpha value is -0.590. The van der Waals surface area contributed by atoms with Crippen molar-refractivity contribution in [3.63, 3.8) is 0 Å². The normalized spacial score (nSPS) is 30.4. The number of benzene rings is 1. The summed E-state index contributed by atoms with van der Waals surface area (Å²) in [5.74, 6) is 0. The van der Waals surface area contributed by atoms with Crippen molar-refractivity contribution in [1.82, 2.24) is 0 Å². The van der Waals surface area contributed by atoms with Crippen molar-refractivity contribution >= 4 is 14.0 Å². The first-order valence-corrected chi connectivity index (χ1v) is 6.26. The van der Waals surface area contributed by atoms with Gasteiger partial charge in [0.2, 0.25) is 0 Å². The fraction of sp³-hybridized carbons (Fsp3) is 0.400. The molecule has 2 nitrogen and oxygen atoms in total. The Kier molecular flexibility index (Phi) is 1.61. The minimum atomic E-state index is -0.359. The van der Waals surface area contributed by atoms with Crippen molar-refractivity contribution in [3.8, 4) is 0 Å². The fourth-order valence-electron chi connectivity index (χ4n) is 2.21. The molecule has 0 N–H and O–H groups in total. The molecule has 1 fully saturated rings. The molecule has 2 atom stereocenters. The van der Waals surface area contributed by atoms with Crippen molar-refractivity contribution < 1.29 is 4.52 Å². The molecule has 1 saturated heterocycles. The molecule has 0 spiro atoms. The van der Waals surface area contributed by atoms with Crippen LogP contribution in [0.25, 0.3) is 0 Å². The Morgan fingerprint density at radius 3 is 3.23 bits per heavy atom. The number of fused-ring (bicyclic) bond motifs is 3. The van der Waals surface area contributed by atoms with Crippen LogP contribution in [0.2, 0.25) is 0 Å². The first-order chi connectivity index (χ1) is 6.36. The van der Waals surface area contributed by atoms with Crippen molar-refractivity contribution in [2.24, 2.45) is 0 Å². The van der Waals surface area contributed by atoms with E-state index in [1.165, 1.54) is 17.7 Å². The van der Waals surface area contributed by atoms with Crippen molar-refractivity contribution in [2.45, 2.75) is 12.5 Å². The van der Waals surface area contributed by atoms with Gasteiger partial charge in [0.05, 0.1) is 12.6 Å². The van der Waals surface area contributed by atoms with E-state index in [4.69, 9.17) is 4.52 Å². The minimum absolute atomic E-state index is 0.359. The number of rotatable bonds is 0. The highest BCUT2D eigenvalue weighted by Gasteiger charge is 2.38. The molecule has 0 saturated carbocycles. The summed E-state index contributed by atoms with van der Waals surface area (Å²) in [7, 11) is -0.359. The van der Waals surface area contributed by atoms with Gasteiger partial charge in [-0.05, 0) is 24.7 Å². The maximum Gasteiger partial charge on any atom is 0.129 e. The summed E-state index contributed by atoms with van der Waals surface area (Å²) in [5, 5.41) is 0. The lowest BCUT2D eigenvalue weighted by Crippen LogP contribution is -2.22. The lowest BCUT2D eigenvalue weighted by Gasteiger charge is -2.20. The first-order valence-electron chi connectivity index (χ1n) is 4.60. The summed E-state index contributed by atoms with van der Waals surface area (Å²) < 4.78 is 8.13. The molecule has 1 aromatic carbocycles. The molecule has 3 heteroatoms. The zero-order valence-electron chi connectivity index (χ0n) is 7.60. The van der Waals surface area contributed by atoms with Gasteiger partial charge in [0.15, 0.2) is 0 Å².